The van der Waals surface area contributed by atoms with Crippen LogP contribution in [0.2, 0.25) is 0 Å². The van der Waals surface area contributed by atoms with Gasteiger partial charge < -0.3 is 9.84 Å². The van der Waals surface area contributed by atoms with Crippen molar-refractivity contribution in [1.29, 1.82) is 0 Å². The highest BCUT2D eigenvalue weighted by molar-refractivity contribution is 4.90. The Morgan fingerprint density at radius 2 is 2.17 bits per heavy atom. The zero-order chi connectivity index (χ0) is 8.81. The minimum atomic E-state index is -0.516. The Hall–Kier alpha value is -1.00. The smallest absolute Gasteiger partial charge is 0.130 e. The van der Waals surface area contributed by atoms with Gasteiger partial charge in [-0.25, -0.2) is 9.97 Å². The molecule has 1 aromatic rings. The van der Waals surface area contributed by atoms with Crippen molar-refractivity contribution in [2.75, 3.05) is 13.7 Å². The second kappa shape index (κ2) is 4.79. The third-order valence-corrected chi connectivity index (χ3v) is 1.40. The fraction of sp³-hybridized carbons (Fsp3) is 0.500. The molecule has 0 saturated carbocycles. The van der Waals surface area contributed by atoms with E-state index in [0.717, 1.165) is 0 Å². The Labute approximate surface area is 71.2 Å². The molecule has 12 heavy (non-hydrogen) atoms. The van der Waals surface area contributed by atoms with Gasteiger partial charge in [0.05, 0.1) is 12.7 Å². The fourth-order valence-corrected chi connectivity index (χ4v) is 0.897. The monoisotopic (exact) mass is 168 g/mol. The molecular weight excluding hydrogens is 156 g/mol. The molecule has 1 N–H and O–H groups in total. The average Bonchev–Trinajstić information content (AvgIpc) is 2.06. The minimum absolute atomic E-state index is 0.318. The van der Waals surface area contributed by atoms with Crippen molar-refractivity contribution in [3.8, 4) is 0 Å². The normalized spacial score (nSPS) is 12.8. The van der Waals surface area contributed by atoms with E-state index in [2.05, 4.69) is 9.97 Å². The zero-order valence-electron chi connectivity index (χ0n) is 6.97. The number of nitrogens with zero attached hydrogens (tertiary/aromatic N) is 2. The summed E-state index contributed by atoms with van der Waals surface area (Å²) in [6.45, 7) is 0.318. The zero-order valence-corrected chi connectivity index (χ0v) is 6.97. The molecule has 0 radical (unpaired) electrons. The molecule has 0 amide bonds. The van der Waals surface area contributed by atoms with Crippen LogP contribution < -0.4 is 0 Å². The minimum Gasteiger partial charge on any atom is -0.390 e. The summed E-state index contributed by atoms with van der Waals surface area (Å²) in [4.78, 5) is 7.95. The maximum absolute atomic E-state index is 9.30. The largest absolute Gasteiger partial charge is 0.390 e. The second-order valence-corrected chi connectivity index (χ2v) is 2.48. The number of methoxy groups -OCH3 is 1. The number of ether oxygens (including phenoxy) is 1. The Morgan fingerprint density at radius 3 is 2.75 bits per heavy atom. The van der Waals surface area contributed by atoms with Crippen LogP contribution in [0.5, 0.6) is 0 Å². The summed E-state index contributed by atoms with van der Waals surface area (Å²) in [6, 6.07) is 1.74. The van der Waals surface area contributed by atoms with E-state index in [1.807, 2.05) is 0 Å². The van der Waals surface area contributed by atoms with Gasteiger partial charge in [-0.15, -0.1) is 0 Å². The molecule has 1 atom stereocenters. The predicted octanol–water partition coefficient (Wildman–Crippen LogP) is 0.0264. The van der Waals surface area contributed by atoms with Crippen LogP contribution in [0.3, 0.4) is 0 Å². The van der Waals surface area contributed by atoms with E-state index < -0.39 is 6.10 Å². The first kappa shape index (κ1) is 9.09. The number of aliphatic hydroxyl groups is 1. The molecule has 66 valence electrons. The van der Waals surface area contributed by atoms with Gasteiger partial charge in [0.1, 0.15) is 5.82 Å². The van der Waals surface area contributed by atoms with Crippen molar-refractivity contribution < 1.29 is 9.84 Å². The van der Waals surface area contributed by atoms with Crippen molar-refractivity contribution >= 4 is 0 Å². The van der Waals surface area contributed by atoms with Gasteiger partial charge in [-0.05, 0) is 6.07 Å². The van der Waals surface area contributed by atoms with Crippen molar-refractivity contribution in [2.45, 2.75) is 12.5 Å². The first-order valence-corrected chi connectivity index (χ1v) is 3.76. The van der Waals surface area contributed by atoms with Crippen molar-refractivity contribution in [2.24, 2.45) is 0 Å². The predicted molar refractivity (Wildman–Crippen MR) is 43.6 cm³/mol. The van der Waals surface area contributed by atoms with E-state index in [9.17, 15) is 5.11 Å². The second-order valence-electron chi connectivity index (χ2n) is 2.48. The standard InChI is InChI=1S/C8H12N2O2/c1-12-6-7(11)5-8-9-3-2-4-10-8/h2-4,7,11H,5-6H2,1H3. The molecule has 1 unspecified atom stereocenters. The third kappa shape index (κ3) is 2.94. The first-order chi connectivity index (χ1) is 5.83. The van der Waals surface area contributed by atoms with Crippen LogP contribution in [0.1, 0.15) is 5.82 Å². The number of hydrogen-bond acceptors (Lipinski definition) is 4. The summed E-state index contributed by atoms with van der Waals surface area (Å²) in [6.07, 6.45) is 3.23. The molecule has 0 aliphatic heterocycles. The molecule has 0 aliphatic rings. The Morgan fingerprint density at radius 1 is 1.50 bits per heavy atom. The molecule has 1 heterocycles. The van der Waals surface area contributed by atoms with Gasteiger partial charge in [-0.1, -0.05) is 0 Å². The van der Waals surface area contributed by atoms with E-state index in [1.165, 1.54) is 0 Å². The molecule has 4 heteroatoms. The fourth-order valence-electron chi connectivity index (χ4n) is 0.897. The quantitative estimate of drug-likeness (QED) is 0.689. The van der Waals surface area contributed by atoms with E-state index in [4.69, 9.17) is 4.74 Å². The van der Waals surface area contributed by atoms with Gasteiger partial charge in [0.25, 0.3) is 0 Å². The molecule has 0 bridgehead atoms. The van der Waals surface area contributed by atoms with Crippen LogP contribution in [0.4, 0.5) is 0 Å². The summed E-state index contributed by atoms with van der Waals surface area (Å²) in [5.74, 6) is 0.641. The summed E-state index contributed by atoms with van der Waals surface area (Å²) in [7, 11) is 1.55. The molecule has 4 nitrogen and oxygen atoms in total. The number of aliphatic hydroxyl groups excluding tert-OH is 1. The van der Waals surface area contributed by atoms with Crippen LogP contribution in [-0.4, -0.2) is 34.9 Å². The highest BCUT2D eigenvalue weighted by Crippen LogP contribution is 1.95. The lowest BCUT2D eigenvalue weighted by molar-refractivity contribution is 0.0638. The first-order valence-electron chi connectivity index (χ1n) is 3.76. The van der Waals surface area contributed by atoms with Crippen LogP contribution >= 0.6 is 0 Å². The molecule has 0 fully saturated rings. The summed E-state index contributed by atoms with van der Waals surface area (Å²) < 4.78 is 4.77. The maximum atomic E-state index is 9.30. The number of hydrogen-bond donors (Lipinski definition) is 1. The van der Waals surface area contributed by atoms with Gasteiger partial charge in [0, 0.05) is 25.9 Å². The van der Waals surface area contributed by atoms with Gasteiger partial charge in [-0.3, -0.25) is 0 Å². The van der Waals surface area contributed by atoms with Gasteiger partial charge in [0.15, 0.2) is 0 Å². The lowest BCUT2D eigenvalue weighted by atomic mass is 10.2. The van der Waals surface area contributed by atoms with Crippen molar-refractivity contribution in [1.82, 2.24) is 9.97 Å². The lowest BCUT2D eigenvalue weighted by Crippen LogP contribution is -2.18. The van der Waals surface area contributed by atoms with E-state index in [-0.39, 0.29) is 0 Å². The number of aromatic nitrogens is 2. The summed E-state index contributed by atoms with van der Waals surface area (Å²) >= 11 is 0. The highest BCUT2D eigenvalue weighted by Gasteiger charge is 2.05. The average molecular weight is 168 g/mol. The molecule has 1 aromatic heterocycles. The topological polar surface area (TPSA) is 55.2 Å². The van der Waals surface area contributed by atoms with Crippen LogP contribution in [0.25, 0.3) is 0 Å². The van der Waals surface area contributed by atoms with Gasteiger partial charge in [-0.2, -0.15) is 0 Å². The van der Waals surface area contributed by atoms with Crippen molar-refractivity contribution in [3.63, 3.8) is 0 Å². The molecule has 0 spiro atoms. The Kier molecular flexibility index (Phi) is 3.63. The van der Waals surface area contributed by atoms with Gasteiger partial charge in [0.2, 0.25) is 0 Å². The van der Waals surface area contributed by atoms with Crippen LogP contribution in [0.15, 0.2) is 18.5 Å². The molecular formula is C8H12N2O2. The highest BCUT2D eigenvalue weighted by atomic mass is 16.5. The summed E-state index contributed by atoms with van der Waals surface area (Å²) in [5.41, 5.74) is 0. The Bertz CT molecular complexity index is 216. The number of rotatable bonds is 4. The molecule has 0 saturated heterocycles. The lowest BCUT2D eigenvalue weighted by Gasteiger charge is -2.06. The van der Waals surface area contributed by atoms with Crippen LogP contribution in [0, 0.1) is 0 Å². The summed E-state index contributed by atoms with van der Waals surface area (Å²) in [5, 5.41) is 9.30. The third-order valence-electron chi connectivity index (χ3n) is 1.40. The SMILES string of the molecule is COCC(O)Cc1ncccn1. The molecule has 1 rings (SSSR count). The molecule has 0 aliphatic carbocycles. The maximum Gasteiger partial charge on any atom is 0.130 e. The van der Waals surface area contributed by atoms with Gasteiger partial charge >= 0.3 is 0 Å². The van der Waals surface area contributed by atoms with E-state index in [1.54, 1.807) is 25.6 Å². The van der Waals surface area contributed by atoms with Crippen molar-refractivity contribution in [3.05, 3.63) is 24.3 Å². The van der Waals surface area contributed by atoms with E-state index >= 15 is 0 Å². The Balaban J connectivity index is 2.41. The van der Waals surface area contributed by atoms with E-state index in [0.29, 0.717) is 18.9 Å². The van der Waals surface area contributed by atoms with Crippen LogP contribution in [-0.2, 0) is 11.2 Å². The molecule has 0 aromatic carbocycles.